The van der Waals surface area contributed by atoms with Crippen LogP contribution in [0.15, 0.2) is 65.1 Å². The number of nitrogens with zero attached hydrogens (tertiary/aromatic N) is 1. The predicted molar refractivity (Wildman–Crippen MR) is 113 cm³/mol. The van der Waals surface area contributed by atoms with Crippen molar-refractivity contribution in [2.24, 2.45) is 0 Å². The van der Waals surface area contributed by atoms with Gasteiger partial charge in [0, 0.05) is 12.8 Å². The summed E-state index contributed by atoms with van der Waals surface area (Å²) in [5, 5.41) is 2.89. The standard InChI is InChI=1S/C22H21BrN2O3/c1-14-18(12-13-20(24-14)15(2)27-3)22(26)25-16-8-10-17(11-9-16)28-21-7-5-4-6-19(21)23/h4-13,15H,1-3H3,(H,25,26). The zero-order valence-corrected chi connectivity index (χ0v) is 17.5. The lowest BCUT2D eigenvalue weighted by Crippen LogP contribution is -2.15. The van der Waals surface area contributed by atoms with Gasteiger partial charge in [-0.2, -0.15) is 0 Å². The molecule has 0 bridgehead atoms. The molecule has 0 saturated heterocycles. The van der Waals surface area contributed by atoms with Crippen molar-refractivity contribution in [3.63, 3.8) is 0 Å². The summed E-state index contributed by atoms with van der Waals surface area (Å²) < 4.78 is 12.0. The summed E-state index contributed by atoms with van der Waals surface area (Å²) in [6, 6.07) is 18.4. The molecule has 0 aliphatic heterocycles. The Morgan fingerprint density at radius 3 is 2.43 bits per heavy atom. The predicted octanol–water partition coefficient (Wildman–Crippen LogP) is 5.90. The van der Waals surface area contributed by atoms with E-state index in [1.165, 1.54) is 0 Å². The molecule has 3 rings (SSSR count). The summed E-state index contributed by atoms with van der Waals surface area (Å²) in [5.41, 5.74) is 2.66. The van der Waals surface area contributed by atoms with Gasteiger partial charge < -0.3 is 14.8 Å². The van der Waals surface area contributed by atoms with E-state index in [1.54, 1.807) is 25.3 Å². The number of benzene rings is 2. The van der Waals surface area contributed by atoms with Crippen LogP contribution in [0.2, 0.25) is 0 Å². The van der Waals surface area contributed by atoms with Crippen molar-refractivity contribution >= 4 is 27.5 Å². The Labute approximate surface area is 172 Å². The molecule has 1 amide bonds. The fourth-order valence-corrected chi connectivity index (χ4v) is 2.99. The number of para-hydroxylation sites is 1. The molecule has 0 spiro atoms. The van der Waals surface area contributed by atoms with E-state index in [0.717, 1.165) is 15.9 Å². The number of rotatable bonds is 6. The lowest BCUT2D eigenvalue weighted by Gasteiger charge is -2.12. The van der Waals surface area contributed by atoms with Crippen molar-refractivity contribution in [2.45, 2.75) is 20.0 Å². The highest BCUT2D eigenvalue weighted by molar-refractivity contribution is 9.10. The number of anilines is 1. The van der Waals surface area contributed by atoms with Crippen LogP contribution in [0.3, 0.4) is 0 Å². The first-order chi connectivity index (χ1) is 13.5. The van der Waals surface area contributed by atoms with Gasteiger partial charge in [-0.3, -0.25) is 9.78 Å². The van der Waals surface area contributed by atoms with Crippen LogP contribution in [0.25, 0.3) is 0 Å². The Hall–Kier alpha value is -2.70. The molecular weight excluding hydrogens is 420 g/mol. The smallest absolute Gasteiger partial charge is 0.257 e. The third-order valence-corrected chi connectivity index (χ3v) is 4.95. The molecular formula is C22H21BrN2O3. The normalized spacial score (nSPS) is 11.7. The molecule has 0 aliphatic rings. The number of ether oxygens (including phenoxy) is 2. The molecule has 1 aromatic heterocycles. The maximum Gasteiger partial charge on any atom is 0.257 e. The molecule has 2 aromatic carbocycles. The molecule has 0 radical (unpaired) electrons. The van der Waals surface area contributed by atoms with Crippen molar-refractivity contribution < 1.29 is 14.3 Å². The van der Waals surface area contributed by atoms with Crippen LogP contribution in [0.5, 0.6) is 11.5 Å². The number of methoxy groups -OCH3 is 1. The average Bonchev–Trinajstić information content (AvgIpc) is 2.70. The second kappa shape index (κ2) is 8.99. The quantitative estimate of drug-likeness (QED) is 0.517. The van der Waals surface area contributed by atoms with Crippen LogP contribution in [-0.2, 0) is 4.74 Å². The van der Waals surface area contributed by atoms with Gasteiger partial charge in [-0.25, -0.2) is 0 Å². The summed E-state index contributed by atoms with van der Waals surface area (Å²) >= 11 is 3.46. The maximum atomic E-state index is 12.6. The SMILES string of the molecule is COC(C)c1ccc(C(=O)Nc2ccc(Oc3ccccc3Br)cc2)c(C)n1. The Morgan fingerprint density at radius 2 is 1.79 bits per heavy atom. The first-order valence-electron chi connectivity index (χ1n) is 8.82. The van der Waals surface area contributed by atoms with Crippen LogP contribution in [0.1, 0.15) is 34.8 Å². The number of amides is 1. The van der Waals surface area contributed by atoms with Crippen molar-refractivity contribution in [1.29, 1.82) is 0 Å². The van der Waals surface area contributed by atoms with Gasteiger partial charge in [0.25, 0.3) is 5.91 Å². The molecule has 1 heterocycles. The lowest BCUT2D eigenvalue weighted by molar-refractivity contribution is 0.102. The van der Waals surface area contributed by atoms with Crippen LogP contribution in [0, 0.1) is 6.92 Å². The molecule has 0 aliphatic carbocycles. The number of aromatic nitrogens is 1. The monoisotopic (exact) mass is 440 g/mol. The molecule has 144 valence electrons. The molecule has 6 heteroatoms. The molecule has 0 saturated carbocycles. The number of halogens is 1. The largest absolute Gasteiger partial charge is 0.456 e. The molecule has 28 heavy (non-hydrogen) atoms. The van der Waals surface area contributed by atoms with Crippen LogP contribution >= 0.6 is 15.9 Å². The molecule has 1 atom stereocenters. The number of hydrogen-bond donors (Lipinski definition) is 1. The molecule has 3 aromatic rings. The maximum absolute atomic E-state index is 12.6. The van der Waals surface area contributed by atoms with Gasteiger partial charge in [-0.05, 0) is 78.3 Å². The van der Waals surface area contributed by atoms with Crippen LogP contribution in [-0.4, -0.2) is 18.0 Å². The number of carbonyl (C=O) groups is 1. The number of aryl methyl sites for hydroxylation is 1. The third-order valence-electron chi connectivity index (χ3n) is 4.30. The Morgan fingerprint density at radius 1 is 1.07 bits per heavy atom. The fourth-order valence-electron chi connectivity index (χ4n) is 2.63. The summed E-state index contributed by atoms with van der Waals surface area (Å²) in [7, 11) is 1.63. The second-order valence-corrected chi connectivity index (χ2v) is 7.11. The van der Waals surface area contributed by atoms with Crippen molar-refractivity contribution in [1.82, 2.24) is 4.98 Å². The first kappa shape index (κ1) is 20.0. The summed E-state index contributed by atoms with van der Waals surface area (Å²) in [4.78, 5) is 17.1. The van der Waals surface area contributed by atoms with Gasteiger partial charge in [0.1, 0.15) is 11.5 Å². The van der Waals surface area contributed by atoms with Crippen LogP contribution in [0.4, 0.5) is 5.69 Å². The van der Waals surface area contributed by atoms with Crippen molar-refractivity contribution in [3.05, 3.63) is 82.1 Å². The molecule has 5 nitrogen and oxygen atoms in total. The van der Waals surface area contributed by atoms with Gasteiger partial charge in [-0.15, -0.1) is 0 Å². The first-order valence-corrected chi connectivity index (χ1v) is 9.61. The number of carbonyl (C=O) groups excluding carboxylic acids is 1. The highest BCUT2D eigenvalue weighted by atomic mass is 79.9. The number of pyridine rings is 1. The zero-order valence-electron chi connectivity index (χ0n) is 15.9. The van der Waals surface area contributed by atoms with Crippen molar-refractivity contribution in [3.8, 4) is 11.5 Å². The summed E-state index contributed by atoms with van der Waals surface area (Å²) in [5.74, 6) is 1.20. The van der Waals surface area contributed by atoms with E-state index in [1.807, 2.05) is 56.3 Å². The molecule has 1 N–H and O–H groups in total. The van der Waals surface area contributed by atoms with Gasteiger partial charge in [0.15, 0.2) is 0 Å². The van der Waals surface area contributed by atoms with Gasteiger partial charge in [0.2, 0.25) is 0 Å². The topological polar surface area (TPSA) is 60.5 Å². The lowest BCUT2D eigenvalue weighted by atomic mass is 10.1. The second-order valence-electron chi connectivity index (χ2n) is 6.26. The minimum Gasteiger partial charge on any atom is -0.456 e. The fraction of sp³-hybridized carbons (Fsp3) is 0.182. The van der Waals surface area contributed by atoms with Crippen molar-refractivity contribution in [2.75, 3.05) is 12.4 Å². The van der Waals surface area contributed by atoms with Gasteiger partial charge >= 0.3 is 0 Å². The third kappa shape index (κ3) is 4.77. The average molecular weight is 441 g/mol. The van der Waals surface area contributed by atoms with E-state index in [0.29, 0.717) is 22.7 Å². The van der Waals surface area contributed by atoms with Crippen LogP contribution < -0.4 is 10.1 Å². The van der Waals surface area contributed by atoms with E-state index in [2.05, 4.69) is 26.2 Å². The molecule has 0 fully saturated rings. The number of nitrogens with one attached hydrogen (secondary N) is 1. The minimum atomic E-state index is -0.207. The van der Waals surface area contributed by atoms with Gasteiger partial charge in [0.05, 0.1) is 27.5 Å². The highest BCUT2D eigenvalue weighted by Gasteiger charge is 2.13. The summed E-state index contributed by atoms with van der Waals surface area (Å²) in [6.45, 7) is 3.73. The van der Waals surface area contributed by atoms with E-state index in [4.69, 9.17) is 9.47 Å². The Kier molecular flexibility index (Phi) is 6.44. The Balaban J connectivity index is 1.68. The van der Waals surface area contributed by atoms with E-state index in [9.17, 15) is 4.79 Å². The molecule has 1 unspecified atom stereocenters. The van der Waals surface area contributed by atoms with E-state index >= 15 is 0 Å². The minimum absolute atomic E-state index is 0.118. The van der Waals surface area contributed by atoms with E-state index in [-0.39, 0.29) is 12.0 Å². The van der Waals surface area contributed by atoms with E-state index < -0.39 is 0 Å². The highest BCUT2D eigenvalue weighted by Crippen LogP contribution is 2.29. The summed E-state index contributed by atoms with van der Waals surface area (Å²) in [6.07, 6.45) is -0.118. The van der Waals surface area contributed by atoms with Gasteiger partial charge in [-0.1, -0.05) is 12.1 Å². The Bertz CT molecular complexity index is 974. The zero-order chi connectivity index (χ0) is 20.1. The number of hydrogen-bond acceptors (Lipinski definition) is 4.